The highest BCUT2D eigenvalue weighted by molar-refractivity contribution is 8.00. The van der Waals surface area contributed by atoms with Crippen LogP contribution in [0.5, 0.6) is 0 Å². The van der Waals surface area contributed by atoms with E-state index in [0.717, 1.165) is 18.0 Å². The van der Waals surface area contributed by atoms with Gasteiger partial charge in [0.1, 0.15) is 0 Å². The first-order valence-corrected chi connectivity index (χ1v) is 7.82. The normalized spacial score (nSPS) is 17.0. The standard InChI is InChI=1S/C14H20N4O2S/c15-13(16-20)10-17-6-8-18(9-7-17)14(19)11-21-12-4-2-1-3-5-12/h1-5,20H,6-11H2,(H2,15,16). The van der Waals surface area contributed by atoms with Crippen LogP contribution in [0.2, 0.25) is 0 Å². The van der Waals surface area contributed by atoms with E-state index < -0.39 is 0 Å². The lowest BCUT2D eigenvalue weighted by atomic mass is 10.3. The number of piperazine rings is 1. The zero-order valence-electron chi connectivity index (χ0n) is 11.8. The Kier molecular flexibility index (Phi) is 5.89. The summed E-state index contributed by atoms with van der Waals surface area (Å²) in [5, 5.41) is 11.5. The molecule has 1 fully saturated rings. The molecule has 1 saturated heterocycles. The second-order valence-corrected chi connectivity index (χ2v) is 5.90. The van der Waals surface area contributed by atoms with Gasteiger partial charge in [-0.25, -0.2) is 0 Å². The van der Waals surface area contributed by atoms with Crippen molar-refractivity contribution >= 4 is 23.5 Å². The van der Waals surface area contributed by atoms with Crippen LogP contribution in [0.15, 0.2) is 40.4 Å². The first-order chi connectivity index (χ1) is 10.2. The van der Waals surface area contributed by atoms with Crippen molar-refractivity contribution in [2.75, 3.05) is 38.5 Å². The van der Waals surface area contributed by atoms with Crippen LogP contribution >= 0.6 is 11.8 Å². The number of amidine groups is 1. The van der Waals surface area contributed by atoms with Gasteiger partial charge in [-0.3, -0.25) is 9.69 Å². The molecule has 0 saturated carbocycles. The molecule has 1 amide bonds. The Bertz CT molecular complexity index is 487. The van der Waals surface area contributed by atoms with Crippen LogP contribution in [0, 0.1) is 0 Å². The van der Waals surface area contributed by atoms with Crippen molar-refractivity contribution in [3.8, 4) is 0 Å². The first-order valence-electron chi connectivity index (χ1n) is 6.83. The summed E-state index contributed by atoms with van der Waals surface area (Å²) in [6.45, 7) is 3.31. The van der Waals surface area contributed by atoms with Gasteiger partial charge >= 0.3 is 0 Å². The average molecular weight is 308 g/mol. The third-order valence-corrected chi connectivity index (χ3v) is 4.34. The van der Waals surface area contributed by atoms with Crippen molar-refractivity contribution < 1.29 is 10.0 Å². The Morgan fingerprint density at radius 3 is 2.52 bits per heavy atom. The molecule has 3 N–H and O–H groups in total. The number of nitrogens with two attached hydrogens (primary N) is 1. The van der Waals surface area contributed by atoms with E-state index in [-0.39, 0.29) is 11.7 Å². The maximum Gasteiger partial charge on any atom is 0.233 e. The molecule has 0 atom stereocenters. The summed E-state index contributed by atoms with van der Waals surface area (Å²) < 4.78 is 0. The second kappa shape index (κ2) is 7.90. The molecule has 114 valence electrons. The molecule has 1 aromatic carbocycles. The van der Waals surface area contributed by atoms with Crippen molar-refractivity contribution in [2.45, 2.75) is 4.90 Å². The van der Waals surface area contributed by atoms with Crippen LogP contribution in [0.4, 0.5) is 0 Å². The molecule has 21 heavy (non-hydrogen) atoms. The van der Waals surface area contributed by atoms with Crippen LogP contribution in [0.25, 0.3) is 0 Å². The van der Waals surface area contributed by atoms with E-state index in [9.17, 15) is 4.79 Å². The highest BCUT2D eigenvalue weighted by Crippen LogP contribution is 2.17. The van der Waals surface area contributed by atoms with Gasteiger partial charge in [-0.1, -0.05) is 23.4 Å². The molecule has 1 aromatic rings. The summed E-state index contributed by atoms with van der Waals surface area (Å²) in [6.07, 6.45) is 0. The summed E-state index contributed by atoms with van der Waals surface area (Å²) in [5.74, 6) is 0.825. The van der Waals surface area contributed by atoms with Crippen LogP contribution in [0.3, 0.4) is 0 Å². The van der Waals surface area contributed by atoms with Crippen molar-refractivity contribution in [3.05, 3.63) is 30.3 Å². The Balaban J connectivity index is 1.73. The predicted octanol–water partition coefficient (Wildman–Crippen LogP) is 0.669. The third-order valence-electron chi connectivity index (χ3n) is 3.34. The fourth-order valence-corrected chi connectivity index (χ4v) is 2.99. The Morgan fingerprint density at radius 2 is 1.90 bits per heavy atom. The summed E-state index contributed by atoms with van der Waals surface area (Å²) in [4.78, 5) is 17.2. The zero-order valence-corrected chi connectivity index (χ0v) is 12.6. The van der Waals surface area contributed by atoms with E-state index in [1.54, 1.807) is 11.8 Å². The van der Waals surface area contributed by atoms with Crippen LogP contribution in [0.1, 0.15) is 0 Å². The smallest absolute Gasteiger partial charge is 0.233 e. The van der Waals surface area contributed by atoms with Gasteiger partial charge in [-0.2, -0.15) is 0 Å². The number of hydrogen-bond donors (Lipinski definition) is 2. The van der Waals surface area contributed by atoms with Gasteiger partial charge in [0.2, 0.25) is 5.91 Å². The van der Waals surface area contributed by atoms with Gasteiger partial charge in [-0.15, -0.1) is 11.8 Å². The molecule has 0 aromatic heterocycles. The molecule has 1 aliphatic rings. The number of nitrogens with zero attached hydrogens (tertiary/aromatic N) is 3. The summed E-state index contributed by atoms with van der Waals surface area (Å²) >= 11 is 1.56. The minimum atomic E-state index is 0.160. The molecule has 2 rings (SSSR count). The quantitative estimate of drug-likeness (QED) is 0.275. The maximum atomic E-state index is 12.2. The minimum absolute atomic E-state index is 0.160. The molecular weight excluding hydrogens is 288 g/mol. The Labute approximate surface area is 128 Å². The lowest BCUT2D eigenvalue weighted by Gasteiger charge is -2.34. The number of carbonyl (C=O) groups is 1. The van der Waals surface area contributed by atoms with Gasteiger partial charge in [0, 0.05) is 31.1 Å². The number of oxime groups is 1. The van der Waals surface area contributed by atoms with Crippen molar-refractivity contribution in [3.63, 3.8) is 0 Å². The monoisotopic (exact) mass is 308 g/mol. The molecule has 0 bridgehead atoms. The van der Waals surface area contributed by atoms with E-state index in [1.807, 2.05) is 35.2 Å². The number of carbonyl (C=O) groups excluding carboxylic acids is 1. The lowest BCUT2D eigenvalue weighted by molar-refractivity contribution is -0.129. The van der Waals surface area contributed by atoms with Gasteiger partial charge in [0.15, 0.2) is 5.84 Å². The largest absolute Gasteiger partial charge is 0.409 e. The van der Waals surface area contributed by atoms with E-state index in [0.29, 0.717) is 25.4 Å². The average Bonchev–Trinajstić information content (AvgIpc) is 2.54. The van der Waals surface area contributed by atoms with Crippen molar-refractivity contribution in [1.29, 1.82) is 0 Å². The Hall–Kier alpha value is -1.73. The van der Waals surface area contributed by atoms with Crippen molar-refractivity contribution in [2.24, 2.45) is 10.9 Å². The molecule has 7 heteroatoms. The fraction of sp³-hybridized carbons (Fsp3) is 0.429. The third kappa shape index (κ3) is 4.95. The molecule has 1 heterocycles. The number of thioether (sulfide) groups is 1. The topological polar surface area (TPSA) is 82.2 Å². The van der Waals surface area contributed by atoms with Gasteiger partial charge in [0.05, 0.1) is 12.3 Å². The van der Waals surface area contributed by atoms with E-state index in [2.05, 4.69) is 10.1 Å². The number of benzene rings is 1. The predicted molar refractivity (Wildman–Crippen MR) is 83.6 cm³/mol. The molecule has 0 aliphatic carbocycles. The van der Waals surface area contributed by atoms with Crippen LogP contribution in [-0.2, 0) is 4.79 Å². The summed E-state index contributed by atoms with van der Waals surface area (Å²) in [6, 6.07) is 9.92. The highest BCUT2D eigenvalue weighted by Gasteiger charge is 2.21. The van der Waals surface area contributed by atoms with Crippen molar-refractivity contribution in [1.82, 2.24) is 9.80 Å². The molecule has 0 spiro atoms. The van der Waals surface area contributed by atoms with Gasteiger partial charge in [0.25, 0.3) is 0 Å². The maximum absolute atomic E-state index is 12.2. The number of amides is 1. The van der Waals surface area contributed by atoms with Crippen LogP contribution < -0.4 is 5.73 Å². The number of rotatable bonds is 5. The van der Waals surface area contributed by atoms with E-state index in [1.165, 1.54) is 0 Å². The van der Waals surface area contributed by atoms with E-state index in [4.69, 9.17) is 10.9 Å². The van der Waals surface area contributed by atoms with Crippen LogP contribution in [-0.4, -0.2) is 65.2 Å². The zero-order chi connectivity index (χ0) is 15.1. The summed E-state index contributed by atoms with van der Waals surface area (Å²) in [5.41, 5.74) is 5.48. The molecule has 0 unspecified atom stereocenters. The van der Waals surface area contributed by atoms with Gasteiger partial charge < -0.3 is 15.8 Å². The highest BCUT2D eigenvalue weighted by atomic mass is 32.2. The number of hydrogen-bond acceptors (Lipinski definition) is 5. The van der Waals surface area contributed by atoms with E-state index >= 15 is 0 Å². The molecule has 6 nitrogen and oxygen atoms in total. The lowest BCUT2D eigenvalue weighted by Crippen LogP contribution is -2.51. The Morgan fingerprint density at radius 1 is 1.24 bits per heavy atom. The second-order valence-electron chi connectivity index (χ2n) is 4.85. The SMILES string of the molecule is NC(CN1CCN(C(=O)CSc2ccccc2)CC1)=NO. The minimum Gasteiger partial charge on any atom is -0.409 e. The molecule has 1 aliphatic heterocycles. The fourth-order valence-electron chi connectivity index (χ4n) is 2.17. The molecular formula is C14H20N4O2S. The molecule has 0 radical (unpaired) electrons. The summed E-state index contributed by atoms with van der Waals surface area (Å²) in [7, 11) is 0. The van der Waals surface area contributed by atoms with Gasteiger partial charge in [-0.05, 0) is 12.1 Å². The first kappa shape index (κ1) is 15.7.